The second kappa shape index (κ2) is 4.77. The standard InChI is InChI=1S/C11H19N3O/c1-8-5-10(3-4-15-8)12-6-11-9(2)13-7-14-11/h7-8,10,12H,3-6H2,1-2H3,(H,13,14). The quantitative estimate of drug-likeness (QED) is 0.790. The van der Waals surface area contributed by atoms with E-state index in [0.29, 0.717) is 12.1 Å². The molecule has 2 N–H and O–H groups in total. The number of rotatable bonds is 3. The van der Waals surface area contributed by atoms with Gasteiger partial charge in [-0.2, -0.15) is 0 Å². The van der Waals surface area contributed by atoms with Crippen molar-refractivity contribution in [3.8, 4) is 0 Å². The van der Waals surface area contributed by atoms with E-state index >= 15 is 0 Å². The van der Waals surface area contributed by atoms with E-state index in [1.807, 2.05) is 0 Å². The number of nitrogens with one attached hydrogen (secondary N) is 2. The molecule has 4 nitrogen and oxygen atoms in total. The first kappa shape index (κ1) is 10.6. The van der Waals surface area contributed by atoms with E-state index in [2.05, 4.69) is 29.1 Å². The molecule has 0 spiro atoms. The van der Waals surface area contributed by atoms with Crippen molar-refractivity contribution in [1.82, 2.24) is 15.3 Å². The minimum Gasteiger partial charge on any atom is -0.378 e. The second-order valence-electron chi connectivity index (χ2n) is 4.26. The molecule has 15 heavy (non-hydrogen) atoms. The van der Waals surface area contributed by atoms with Crippen molar-refractivity contribution in [2.45, 2.75) is 45.4 Å². The maximum atomic E-state index is 5.51. The number of imidazole rings is 1. The summed E-state index contributed by atoms with van der Waals surface area (Å²) in [6.45, 7) is 5.91. The summed E-state index contributed by atoms with van der Waals surface area (Å²) in [4.78, 5) is 7.36. The summed E-state index contributed by atoms with van der Waals surface area (Å²) in [7, 11) is 0. The van der Waals surface area contributed by atoms with Crippen molar-refractivity contribution in [3.05, 3.63) is 17.7 Å². The van der Waals surface area contributed by atoms with E-state index in [9.17, 15) is 0 Å². The SMILES string of the molecule is Cc1[nH]cnc1CNC1CCOC(C)C1. The fourth-order valence-corrected chi connectivity index (χ4v) is 1.99. The first-order valence-electron chi connectivity index (χ1n) is 5.59. The Labute approximate surface area is 90.4 Å². The molecule has 2 atom stereocenters. The molecule has 0 saturated carbocycles. The molecule has 2 unspecified atom stereocenters. The Morgan fingerprint density at radius 1 is 1.67 bits per heavy atom. The molecule has 0 bridgehead atoms. The summed E-state index contributed by atoms with van der Waals surface area (Å²) in [5.41, 5.74) is 2.27. The molecule has 1 fully saturated rings. The minimum atomic E-state index is 0.386. The van der Waals surface area contributed by atoms with Crippen LogP contribution in [0.25, 0.3) is 0 Å². The third-order valence-electron chi connectivity index (χ3n) is 2.98. The van der Waals surface area contributed by atoms with Crippen LogP contribution >= 0.6 is 0 Å². The van der Waals surface area contributed by atoms with Crippen molar-refractivity contribution >= 4 is 0 Å². The monoisotopic (exact) mass is 209 g/mol. The summed E-state index contributed by atoms with van der Waals surface area (Å²) in [6, 6.07) is 0.574. The van der Waals surface area contributed by atoms with E-state index < -0.39 is 0 Å². The fraction of sp³-hybridized carbons (Fsp3) is 0.727. The molecule has 1 saturated heterocycles. The normalized spacial score (nSPS) is 26.8. The molecule has 0 amide bonds. The molecule has 4 heteroatoms. The number of hydrogen-bond donors (Lipinski definition) is 2. The highest BCUT2D eigenvalue weighted by molar-refractivity contribution is 5.08. The Balaban J connectivity index is 1.80. The van der Waals surface area contributed by atoms with Gasteiger partial charge in [-0.3, -0.25) is 0 Å². The van der Waals surface area contributed by atoms with Crippen LogP contribution < -0.4 is 5.32 Å². The van der Waals surface area contributed by atoms with Gasteiger partial charge in [-0.15, -0.1) is 0 Å². The van der Waals surface area contributed by atoms with Gasteiger partial charge in [-0.05, 0) is 26.7 Å². The number of aromatic nitrogens is 2. The van der Waals surface area contributed by atoms with Gasteiger partial charge >= 0.3 is 0 Å². The zero-order valence-electron chi connectivity index (χ0n) is 9.42. The summed E-state index contributed by atoms with van der Waals surface area (Å²) in [5, 5.41) is 3.53. The molecule has 84 valence electrons. The van der Waals surface area contributed by atoms with Crippen LogP contribution in [0.15, 0.2) is 6.33 Å². The number of nitrogens with zero attached hydrogens (tertiary/aromatic N) is 1. The topological polar surface area (TPSA) is 49.9 Å². The molecule has 1 aliphatic rings. The third kappa shape index (κ3) is 2.79. The van der Waals surface area contributed by atoms with E-state index in [1.54, 1.807) is 6.33 Å². The molecule has 1 aromatic heterocycles. The van der Waals surface area contributed by atoms with Crippen molar-refractivity contribution in [2.75, 3.05) is 6.61 Å². The predicted molar refractivity (Wildman–Crippen MR) is 58.6 cm³/mol. The van der Waals surface area contributed by atoms with Crippen molar-refractivity contribution in [1.29, 1.82) is 0 Å². The van der Waals surface area contributed by atoms with E-state index in [-0.39, 0.29) is 0 Å². The summed E-state index contributed by atoms with van der Waals surface area (Å²) in [6.07, 6.45) is 4.34. The average molecular weight is 209 g/mol. The number of hydrogen-bond acceptors (Lipinski definition) is 3. The number of aromatic amines is 1. The molecule has 2 heterocycles. The Bertz CT molecular complexity index is 311. The molecular weight excluding hydrogens is 190 g/mol. The maximum absolute atomic E-state index is 5.51. The first-order valence-corrected chi connectivity index (χ1v) is 5.59. The highest BCUT2D eigenvalue weighted by Gasteiger charge is 2.18. The fourth-order valence-electron chi connectivity index (χ4n) is 1.99. The van der Waals surface area contributed by atoms with Crippen LogP contribution in [0.5, 0.6) is 0 Å². The van der Waals surface area contributed by atoms with Crippen molar-refractivity contribution in [3.63, 3.8) is 0 Å². The van der Waals surface area contributed by atoms with Crippen LogP contribution in [0.1, 0.15) is 31.2 Å². The van der Waals surface area contributed by atoms with Crippen LogP contribution in [0.4, 0.5) is 0 Å². The zero-order chi connectivity index (χ0) is 10.7. The molecule has 0 aliphatic carbocycles. The lowest BCUT2D eigenvalue weighted by molar-refractivity contribution is 0.0130. The van der Waals surface area contributed by atoms with Gasteiger partial charge in [0.25, 0.3) is 0 Å². The Morgan fingerprint density at radius 3 is 3.20 bits per heavy atom. The molecule has 0 aromatic carbocycles. The van der Waals surface area contributed by atoms with Crippen LogP contribution in [0.3, 0.4) is 0 Å². The third-order valence-corrected chi connectivity index (χ3v) is 2.98. The Hall–Kier alpha value is -0.870. The van der Waals surface area contributed by atoms with Gasteiger partial charge in [0, 0.05) is 24.9 Å². The van der Waals surface area contributed by atoms with E-state index in [0.717, 1.165) is 37.4 Å². The highest BCUT2D eigenvalue weighted by atomic mass is 16.5. The minimum absolute atomic E-state index is 0.386. The summed E-state index contributed by atoms with van der Waals surface area (Å²) in [5.74, 6) is 0. The molecular formula is C11H19N3O. The first-order chi connectivity index (χ1) is 7.25. The van der Waals surface area contributed by atoms with Gasteiger partial charge in [-0.25, -0.2) is 4.98 Å². The lowest BCUT2D eigenvalue weighted by Crippen LogP contribution is -2.37. The van der Waals surface area contributed by atoms with Gasteiger partial charge in [0.1, 0.15) is 0 Å². The van der Waals surface area contributed by atoms with Gasteiger partial charge in [0.05, 0.1) is 18.1 Å². The number of aryl methyl sites for hydroxylation is 1. The van der Waals surface area contributed by atoms with E-state index in [1.165, 1.54) is 0 Å². The largest absolute Gasteiger partial charge is 0.378 e. The van der Waals surface area contributed by atoms with Crippen molar-refractivity contribution < 1.29 is 4.74 Å². The van der Waals surface area contributed by atoms with Crippen LogP contribution in [0.2, 0.25) is 0 Å². The Kier molecular flexibility index (Phi) is 3.38. The van der Waals surface area contributed by atoms with Gasteiger partial charge < -0.3 is 15.0 Å². The molecule has 2 rings (SSSR count). The van der Waals surface area contributed by atoms with Gasteiger partial charge in [0.2, 0.25) is 0 Å². The van der Waals surface area contributed by atoms with Crippen molar-refractivity contribution in [2.24, 2.45) is 0 Å². The zero-order valence-corrected chi connectivity index (χ0v) is 9.42. The number of H-pyrrole nitrogens is 1. The lowest BCUT2D eigenvalue weighted by atomic mass is 10.0. The summed E-state index contributed by atoms with van der Waals surface area (Å²) >= 11 is 0. The van der Waals surface area contributed by atoms with Crippen LogP contribution in [-0.4, -0.2) is 28.7 Å². The molecule has 0 radical (unpaired) electrons. The van der Waals surface area contributed by atoms with E-state index in [4.69, 9.17) is 4.74 Å². The molecule has 1 aromatic rings. The second-order valence-corrected chi connectivity index (χ2v) is 4.26. The summed E-state index contributed by atoms with van der Waals surface area (Å²) < 4.78 is 5.51. The number of ether oxygens (including phenoxy) is 1. The smallest absolute Gasteiger partial charge is 0.0925 e. The van der Waals surface area contributed by atoms with Gasteiger partial charge in [-0.1, -0.05) is 0 Å². The maximum Gasteiger partial charge on any atom is 0.0925 e. The van der Waals surface area contributed by atoms with Crippen LogP contribution in [0, 0.1) is 6.92 Å². The van der Waals surface area contributed by atoms with Crippen LogP contribution in [-0.2, 0) is 11.3 Å². The average Bonchev–Trinajstić information content (AvgIpc) is 2.61. The van der Waals surface area contributed by atoms with Gasteiger partial charge in [0.15, 0.2) is 0 Å². The molecule has 1 aliphatic heterocycles. The Morgan fingerprint density at radius 2 is 2.53 bits per heavy atom. The predicted octanol–water partition coefficient (Wildman–Crippen LogP) is 1.38. The lowest BCUT2D eigenvalue weighted by Gasteiger charge is -2.27. The highest BCUT2D eigenvalue weighted by Crippen LogP contribution is 2.13.